The molecule has 3 heterocycles. The summed E-state index contributed by atoms with van der Waals surface area (Å²) in [6.45, 7) is 6.26. The van der Waals surface area contributed by atoms with Crippen molar-refractivity contribution in [1.29, 1.82) is 0 Å². The van der Waals surface area contributed by atoms with Crippen molar-refractivity contribution in [3.63, 3.8) is 0 Å². The Bertz CT molecular complexity index is 1250. The van der Waals surface area contributed by atoms with Crippen LogP contribution >= 0.6 is 0 Å². The first kappa shape index (κ1) is 22.6. The fourth-order valence-corrected chi connectivity index (χ4v) is 4.29. The molecule has 0 spiro atoms. The van der Waals surface area contributed by atoms with Gasteiger partial charge in [0, 0.05) is 24.7 Å². The number of aromatic nitrogens is 1. The van der Waals surface area contributed by atoms with Crippen LogP contribution in [0.1, 0.15) is 24.5 Å². The zero-order valence-electron chi connectivity index (χ0n) is 19.1. The van der Waals surface area contributed by atoms with E-state index in [2.05, 4.69) is 27.5 Å². The minimum atomic E-state index is -0.314. The Morgan fingerprint density at radius 1 is 1.31 bits per heavy atom. The van der Waals surface area contributed by atoms with Gasteiger partial charge in [-0.15, -0.1) is 0 Å². The van der Waals surface area contributed by atoms with Crippen molar-refractivity contribution in [1.82, 2.24) is 15.6 Å². The molecule has 3 atom stereocenters. The molecule has 1 aliphatic carbocycles. The predicted molar refractivity (Wildman–Crippen MR) is 127 cm³/mol. The molecule has 0 radical (unpaired) electrons. The second kappa shape index (κ2) is 9.25. The average Bonchev–Trinajstić information content (AvgIpc) is 3.40. The lowest BCUT2D eigenvalue weighted by Gasteiger charge is -2.18. The van der Waals surface area contributed by atoms with E-state index in [9.17, 15) is 14.0 Å². The third-order valence-corrected chi connectivity index (χ3v) is 6.21. The van der Waals surface area contributed by atoms with Gasteiger partial charge in [0.15, 0.2) is 0 Å². The van der Waals surface area contributed by atoms with E-state index in [-0.39, 0.29) is 35.8 Å². The number of anilines is 1. The number of nitrogens with one attached hydrogen (secondary N) is 3. The molecule has 1 aromatic heterocycles. The Hall–Kier alpha value is -4.14. The van der Waals surface area contributed by atoms with Crippen molar-refractivity contribution in [2.24, 2.45) is 5.92 Å². The zero-order chi connectivity index (χ0) is 24.5. The van der Waals surface area contributed by atoms with E-state index in [1.165, 1.54) is 12.1 Å². The van der Waals surface area contributed by atoms with Crippen LogP contribution in [0.25, 0.3) is 0 Å². The Morgan fingerprint density at radius 2 is 2.11 bits per heavy atom. The number of fused-ring (bicyclic) bond motifs is 2. The fourth-order valence-electron chi connectivity index (χ4n) is 4.29. The first-order valence-corrected chi connectivity index (χ1v) is 11.4. The first-order valence-electron chi connectivity index (χ1n) is 11.4. The van der Waals surface area contributed by atoms with Crippen LogP contribution in [0.5, 0.6) is 5.75 Å². The summed E-state index contributed by atoms with van der Waals surface area (Å²) in [5.41, 5.74) is 2.51. The lowest BCUT2D eigenvalue weighted by molar-refractivity contribution is -0.116. The molecule has 35 heavy (non-hydrogen) atoms. The summed E-state index contributed by atoms with van der Waals surface area (Å²) < 4.78 is 24.9. The van der Waals surface area contributed by atoms with Gasteiger partial charge in [-0.05, 0) is 54.8 Å². The van der Waals surface area contributed by atoms with E-state index in [4.69, 9.17) is 9.47 Å². The minimum absolute atomic E-state index is 0.0308. The molecule has 2 aromatic rings. The van der Waals surface area contributed by atoms with Crippen molar-refractivity contribution < 1.29 is 23.5 Å². The average molecular weight is 477 g/mol. The number of hydrogen-bond acceptors (Lipinski definition) is 5. The van der Waals surface area contributed by atoms with Gasteiger partial charge in [0.2, 0.25) is 5.91 Å². The molecule has 1 aromatic carbocycles. The molecule has 3 amide bonds. The third-order valence-electron chi connectivity index (χ3n) is 6.21. The number of ether oxygens (including phenoxy) is 2. The molecule has 8 nitrogen and oxygen atoms in total. The maximum Gasteiger partial charge on any atom is 0.315 e. The number of amides is 3. The van der Waals surface area contributed by atoms with Crippen LogP contribution in [-0.4, -0.2) is 29.1 Å². The van der Waals surface area contributed by atoms with Gasteiger partial charge >= 0.3 is 6.03 Å². The molecular formula is C26H25FN4O4. The number of carbonyl (C=O) groups excluding carboxylic acids is 2. The molecule has 5 rings (SSSR count). The normalized spacial score (nSPS) is 23.7. The largest absolute Gasteiger partial charge is 0.487 e. The number of carbonyl (C=O) groups is 2. The Morgan fingerprint density at radius 3 is 2.86 bits per heavy atom. The number of nitrogens with zero attached hydrogens (tertiary/aromatic N) is 1. The number of rotatable bonds is 6. The molecule has 1 saturated heterocycles. The van der Waals surface area contributed by atoms with E-state index in [0.717, 1.165) is 16.7 Å². The van der Waals surface area contributed by atoms with Crippen molar-refractivity contribution in [3.8, 4) is 5.75 Å². The van der Waals surface area contributed by atoms with Crippen LogP contribution in [0.3, 0.4) is 0 Å². The van der Waals surface area contributed by atoms with Crippen LogP contribution in [0.15, 0.2) is 72.4 Å². The van der Waals surface area contributed by atoms with Gasteiger partial charge in [-0.25, -0.2) is 14.2 Å². The highest BCUT2D eigenvalue weighted by Gasteiger charge is 2.60. The topological polar surface area (TPSA) is 102 Å². The van der Waals surface area contributed by atoms with Crippen LogP contribution in [0, 0.1) is 11.7 Å². The van der Waals surface area contributed by atoms with Gasteiger partial charge in [0.05, 0.1) is 12.0 Å². The third kappa shape index (κ3) is 4.89. The van der Waals surface area contributed by atoms with Crippen molar-refractivity contribution in [2.75, 3.05) is 5.32 Å². The van der Waals surface area contributed by atoms with Gasteiger partial charge in [-0.2, -0.15) is 0 Å². The highest BCUT2D eigenvalue weighted by atomic mass is 19.1. The van der Waals surface area contributed by atoms with Crippen molar-refractivity contribution in [2.45, 2.75) is 38.5 Å². The Balaban J connectivity index is 1.13. The number of pyridine rings is 1. The molecule has 9 heteroatoms. The highest BCUT2D eigenvalue weighted by molar-refractivity contribution is 5.93. The van der Waals surface area contributed by atoms with E-state index in [1.807, 2.05) is 13.0 Å². The standard InChI is InChI=1S/C26H25FN4O4/c1-14(34-20-11-12-28-25-18(20)8-10-21(32)30-25)3-9-19-15(2)22-23(24(22)35-19)31-26(33)29-13-16-4-6-17(27)7-5-16/h3-7,9,11-12,22-24H,2,8,10,13H2,1H3,(H,28,30,32)(H2,29,31,33)/b14-3+,19-9+/t22-,23-,24-/m0/s1. The SMILES string of the molecule is C=C1/C(=C\C=C(/C)Oc2ccnc3c2CCC(=O)N3)O[C@@H]2[C@@H](NC(=O)NCc3ccc(F)cc3)[C@H]12. The monoisotopic (exact) mass is 476 g/mol. The summed E-state index contributed by atoms with van der Waals surface area (Å²) in [6, 6.07) is 7.31. The zero-order valence-corrected chi connectivity index (χ0v) is 19.1. The van der Waals surface area contributed by atoms with Gasteiger partial charge in [-0.1, -0.05) is 18.7 Å². The van der Waals surface area contributed by atoms with Crippen LogP contribution in [0.4, 0.5) is 15.0 Å². The lowest BCUT2D eigenvalue weighted by atomic mass is 10.1. The number of urea groups is 1. The molecule has 2 aliphatic heterocycles. The first-order chi connectivity index (χ1) is 16.9. The maximum absolute atomic E-state index is 13.0. The van der Waals surface area contributed by atoms with Gasteiger partial charge in [0.25, 0.3) is 0 Å². The number of benzene rings is 1. The van der Waals surface area contributed by atoms with Crippen molar-refractivity contribution >= 4 is 17.8 Å². The molecule has 2 fully saturated rings. The molecule has 0 unspecified atom stereocenters. The predicted octanol–water partition coefficient (Wildman–Crippen LogP) is 3.72. The smallest absolute Gasteiger partial charge is 0.315 e. The maximum atomic E-state index is 13.0. The summed E-state index contributed by atoms with van der Waals surface area (Å²) in [7, 11) is 0. The van der Waals surface area contributed by atoms with Gasteiger partial charge in [0.1, 0.15) is 35.0 Å². The molecular weight excluding hydrogens is 451 g/mol. The quantitative estimate of drug-likeness (QED) is 0.552. The van der Waals surface area contributed by atoms with E-state index in [0.29, 0.717) is 42.5 Å². The Kier molecular flexibility index (Phi) is 5.98. The summed E-state index contributed by atoms with van der Waals surface area (Å²) in [4.78, 5) is 28.0. The van der Waals surface area contributed by atoms with E-state index >= 15 is 0 Å². The summed E-state index contributed by atoms with van der Waals surface area (Å²) in [5.74, 6) is 2.18. The highest BCUT2D eigenvalue weighted by Crippen LogP contribution is 2.50. The minimum Gasteiger partial charge on any atom is -0.487 e. The fraction of sp³-hybridized carbons (Fsp3) is 0.269. The van der Waals surface area contributed by atoms with E-state index in [1.54, 1.807) is 30.5 Å². The molecule has 1 saturated carbocycles. The summed E-state index contributed by atoms with van der Waals surface area (Å²) >= 11 is 0. The lowest BCUT2D eigenvalue weighted by Crippen LogP contribution is -2.38. The van der Waals surface area contributed by atoms with Crippen LogP contribution < -0.4 is 20.7 Å². The van der Waals surface area contributed by atoms with Gasteiger partial charge < -0.3 is 25.4 Å². The molecule has 3 aliphatic rings. The Labute approximate surface area is 201 Å². The number of allylic oxidation sites excluding steroid dienone is 4. The van der Waals surface area contributed by atoms with Gasteiger partial charge in [-0.3, -0.25) is 4.79 Å². The summed E-state index contributed by atoms with van der Waals surface area (Å²) in [5, 5.41) is 8.43. The number of halogens is 1. The second-order valence-electron chi connectivity index (χ2n) is 8.71. The second-order valence-corrected chi connectivity index (χ2v) is 8.71. The van der Waals surface area contributed by atoms with Crippen molar-refractivity contribution in [3.05, 3.63) is 89.3 Å². The summed E-state index contributed by atoms with van der Waals surface area (Å²) in [6.07, 6.45) is 6.05. The van der Waals surface area contributed by atoms with Crippen LogP contribution in [0.2, 0.25) is 0 Å². The molecule has 180 valence electrons. The van der Waals surface area contributed by atoms with E-state index < -0.39 is 0 Å². The van der Waals surface area contributed by atoms with Crippen LogP contribution in [-0.2, 0) is 22.5 Å². The molecule has 3 N–H and O–H groups in total. The molecule has 0 bridgehead atoms. The number of hydrogen-bond donors (Lipinski definition) is 3.